The molecule has 0 atom stereocenters. The van der Waals surface area contributed by atoms with Crippen molar-refractivity contribution in [2.75, 3.05) is 16.4 Å². The van der Waals surface area contributed by atoms with E-state index in [9.17, 15) is 9.18 Å². The number of nitrogens with two attached hydrogens (primary N) is 1. The number of hydrogen-bond donors (Lipinski definition) is 3. The number of hydrogen-bond acceptors (Lipinski definition) is 4. The second kappa shape index (κ2) is 6.90. The molecular weight excluding hydrogens is 283 g/mol. The first kappa shape index (κ1) is 15.1. The van der Waals surface area contributed by atoms with Crippen molar-refractivity contribution < 1.29 is 9.18 Å². The highest BCUT2D eigenvalue weighted by Gasteiger charge is 2.09. The van der Waals surface area contributed by atoms with E-state index in [4.69, 9.17) is 11.0 Å². The molecule has 0 radical (unpaired) electrons. The molecule has 4 N–H and O–H groups in total. The summed E-state index contributed by atoms with van der Waals surface area (Å²) in [4.78, 5) is 11.9. The van der Waals surface area contributed by atoms with E-state index in [1.807, 2.05) is 0 Å². The average molecular weight is 296 g/mol. The lowest BCUT2D eigenvalue weighted by Crippen LogP contribution is -2.14. The Labute approximate surface area is 126 Å². The number of amides is 1. The number of rotatable bonds is 4. The van der Waals surface area contributed by atoms with Crippen LogP contribution in [0.4, 0.5) is 21.5 Å². The summed E-state index contributed by atoms with van der Waals surface area (Å²) in [6.45, 7) is 0. The van der Waals surface area contributed by atoms with Crippen molar-refractivity contribution in [3.05, 3.63) is 66.1 Å². The zero-order valence-corrected chi connectivity index (χ0v) is 11.5. The average Bonchev–Trinajstić information content (AvgIpc) is 2.52. The first-order chi connectivity index (χ1) is 10.6. The molecule has 0 aliphatic rings. The van der Waals surface area contributed by atoms with E-state index in [0.717, 1.165) is 0 Å². The maximum atomic E-state index is 12.8. The molecule has 0 saturated heterocycles. The van der Waals surface area contributed by atoms with Gasteiger partial charge in [0.25, 0.3) is 5.91 Å². The van der Waals surface area contributed by atoms with E-state index in [1.165, 1.54) is 30.5 Å². The fourth-order valence-electron chi connectivity index (χ4n) is 1.62. The topological polar surface area (TPSA) is 90.9 Å². The van der Waals surface area contributed by atoms with Crippen LogP contribution in [0.2, 0.25) is 0 Å². The number of anilines is 3. The van der Waals surface area contributed by atoms with Gasteiger partial charge in [0.1, 0.15) is 17.5 Å². The number of nitrogens with one attached hydrogen (secondary N) is 2. The van der Waals surface area contributed by atoms with Crippen molar-refractivity contribution in [3.8, 4) is 6.07 Å². The van der Waals surface area contributed by atoms with Gasteiger partial charge >= 0.3 is 0 Å². The molecule has 0 aromatic heterocycles. The Hall–Kier alpha value is -3.33. The molecule has 0 aliphatic heterocycles. The number of halogens is 1. The summed E-state index contributed by atoms with van der Waals surface area (Å²) in [6, 6.07) is 13.9. The van der Waals surface area contributed by atoms with E-state index in [2.05, 4.69) is 10.6 Å². The van der Waals surface area contributed by atoms with Crippen LogP contribution in [0.5, 0.6) is 0 Å². The van der Waals surface area contributed by atoms with Gasteiger partial charge in [0, 0.05) is 23.3 Å². The lowest BCUT2D eigenvalue weighted by Gasteiger charge is -2.05. The van der Waals surface area contributed by atoms with E-state index >= 15 is 0 Å². The van der Waals surface area contributed by atoms with Gasteiger partial charge in [-0.25, -0.2) is 4.39 Å². The molecule has 0 saturated carbocycles. The zero-order chi connectivity index (χ0) is 15.9. The molecule has 0 heterocycles. The Balaban J connectivity index is 2.05. The van der Waals surface area contributed by atoms with Crippen LogP contribution in [-0.4, -0.2) is 5.91 Å². The summed E-state index contributed by atoms with van der Waals surface area (Å²) >= 11 is 0. The summed E-state index contributed by atoms with van der Waals surface area (Å²) in [7, 11) is 0. The second-order valence-electron chi connectivity index (χ2n) is 4.40. The minimum absolute atomic E-state index is 0.110. The molecule has 0 spiro atoms. The molecule has 2 aromatic carbocycles. The number of nitriles is 1. The molecule has 2 aromatic rings. The van der Waals surface area contributed by atoms with E-state index < -0.39 is 11.7 Å². The van der Waals surface area contributed by atoms with Crippen molar-refractivity contribution in [1.82, 2.24) is 0 Å². The molecular formula is C16H13FN4O. The van der Waals surface area contributed by atoms with E-state index in [1.54, 1.807) is 30.3 Å². The number of carbonyl (C=O) groups is 1. The van der Waals surface area contributed by atoms with Gasteiger partial charge in [-0.1, -0.05) is 0 Å². The van der Waals surface area contributed by atoms with Crippen LogP contribution in [-0.2, 0) is 4.79 Å². The minimum atomic E-state index is -0.586. The summed E-state index contributed by atoms with van der Waals surface area (Å²) in [6.07, 6.45) is 1.30. The first-order valence-electron chi connectivity index (χ1n) is 6.38. The van der Waals surface area contributed by atoms with Crippen molar-refractivity contribution in [2.45, 2.75) is 0 Å². The minimum Gasteiger partial charge on any atom is -0.399 e. The lowest BCUT2D eigenvalue weighted by atomic mass is 10.2. The molecule has 6 heteroatoms. The van der Waals surface area contributed by atoms with Crippen LogP contribution in [0.25, 0.3) is 0 Å². The highest BCUT2D eigenvalue weighted by Crippen LogP contribution is 2.12. The largest absolute Gasteiger partial charge is 0.399 e. The quantitative estimate of drug-likeness (QED) is 0.459. The Morgan fingerprint density at radius 2 is 1.68 bits per heavy atom. The number of nitrogen functional groups attached to an aromatic ring is 1. The molecule has 0 aliphatic carbocycles. The Bertz CT molecular complexity index is 730. The maximum absolute atomic E-state index is 12.8. The summed E-state index contributed by atoms with van der Waals surface area (Å²) in [5.74, 6) is -0.990. The Morgan fingerprint density at radius 1 is 1.09 bits per heavy atom. The molecule has 22 heavy (non-hydrogen) atoms. The normalized spacial score (nSPS) is 10.6. The third kappa shape index (κ3) is 4.08. The zero-order valence-electron chi connectivity index (χ0n) is 11.5. The lowest BCUT2D eigenvalue weighted by molar-refractivity contribution is -0.112. The molecule has 0 fully saturated rings. The Kier molecular flexibility index (Phi) is 4.73. The summed E-state index contributed by atoms with van der Waals surface area (Å²) < 4.78 is 12.8. The van der Waals surface area contributed by atoms with Gasteiger partial charge in [-0.3, -0.25) is 4.79 Å². The number of benzene rings is 2. The predicted octanol–water partition coefficient (Wildman–Crippen LogP) is 2.87. The third-order valence-electron chi connectivity index (χ3n) is 2.76. The molecule has 1 amide bonds. The molecule has 5 nitrogen and oxygen atoms in total. The van der Waals surface area contributed by atoms with Crippen LogP contribution in [0.3, 0.4) is 0 Å². The van der Waals surface area contributed by atoms with Gasteiger partial charge in [-0.05, 0) is 48.5 Å². The van der Waals surface area contributed by atoms with Crippen molar-refractivity contribution in [1.29, 1.82) is 5.26 Å². The van der Waals surface area contributed by atoms with Gasteiger partial charge in [0.05, 0.1) is 0 Å². The highest BCUT2D eigenvalue weighted by molar-refractivity contribution is 6.06. The molecule has 0 unspecified atom stereocenters. The molecule has 110 valence electrons. The Morgan fingerprint density at radius 3 is 2.27 bits per heavy atom. The van der Waals surface area contributed by atoms with Crippen LogP contribution < -0.4 is 16.4 Å². The van der Waals surface area contributed by atoms with E-state index in [-0.39, 0.29) is 5.57 Å². The fourth-order valence-corrected chi connectivity index (χ4v) is 1.62. The van der Waals surface area contributed by atoms with Gasteiger partial charge in [0.15, 0.2) is 0 Å². The monoisotopic (exact) mass is 296 g/mol. The van der Waals surface area contributed by atoms with Gasteiger partial charge in [-0.2, -0.15) is 5.26 Å². The summed E-state index contributed by atoms with van der Waals surface area (Å²) in [5, 5.41) is 14.4. The smallest absolute Gasteiger partial charge is 0.267 e. The highest BCUT2D eigenvalue weighted by atomic mass is 19.1. The fraction of sp³-hybridized carbons (Fsp3) is 0. The van der Waals surface area contributed by atoms with E-state index in [0.29, 0.717) is 17.1 Å². The summed E-state index contributed by atoms with van der Waals surface area (Å²) in [5.41, 5.74) is 7.17. The molecule has 2 rings (SSSR count). The number of carbonyl (C=O) groups excluding carboxylic acids is 1. The van der Waals surface area contributed by atoms with Crippen molar-refractivity contribution in [2.24, 2.45) is 0 Å². The van der Waals surface area contributed by atoms with Gasteiger partial charge < -0.3 is 16.4 Å². The first-order valence-corrected chi connectivity index (χ1v) is 6.38. The van der Waals surface area contributed by atoms with Crippen LogP contribution >= 0.6 is 0 Å². The van der Waals surface area contributed by atoms with Crippen molar-refractivity contribution in [3.63, 3.8) is 0 Å². The van der Waals surface area contributed by atoms with Crippen LogP contribution in [0, 0.1) is 17.1 Å². The standard InChI is InChI=1S/C16H13FN4O/c17-12-1-5-15(6-2-12)21-16(22)11(9-18)10-20-14-7-3-13(19)4-8-14/h1-8,10,20H,19H2,(H,21,22)/b11-10-. The second-order valence-corrected chi connectivity index (χ2v) is 4.40. The van der Waals surface area contributed by atoms with Crippen LogP contribution in [0.1, 0.15) is 0 Å². The molecule has 0 bridgehead atoms. The third-order valence-corrected chi connectivity index (χ3v) is 2.76. The predicted molar refractivity (Wildman–Crippen MR) is 83.2 cm³/mol. The SMILES string of the molecule is N#C/C(=C/Nc1ccc(N)cc1)C(=O)Nc1ccc(F)cc1. The number of nitrogens with zero attached hydrogens (tertiary/aromatic N) is 1. The van der Waals surface area contributed by atoms with Gasteiger partial charge in [-0.15, -0.1) is 0 Å². The van der Waals surface area contributed by atoms with Crippen molar-refractivity contribution >= 4 is 23.0 Å². The van der Waals surface area contributed by atoms with Gasteiger partial charge in [0.2, 0.25) is 0 Å². The maximum Gasteiger partial charge on any atom is 0.267 e. The van der Waals surface area contributed by atoms with Crippen LogP contribution in [0.15, 0.2) is 60.3 Å².